The summed E-state index contributed by atoms with van der Waals surface area (Å²) in [4.78, 5) is 10.6. The van der Waals surface area contributed by atoms with E-state index in [1.165, 1.54) is 0 Å². The molecule has 0 aliphatic carbocycles. The minimum Gasteiger partial charge on any atom is -0.375 e. The van der Waals surface area contributed by atoms with Crippen molar-refractivity contribution in [3.8, 4) is 0 Å². The summed E-state index contributed by atoms with van der Waals surface area (Å²) in [6.45, 7) is 2.61. The first kappa shape index (κ1) is 13.8. The van der Waals surface area contributed by atoms with Crippen molar-refractivity contribution in [1.29, 1.82) is 0 Å². The second kappa shape index (κ2) is 6.00. The van der Waals surface area contributed by atoms with E-state index in [0.717, 1.165) is 3.57 Å². The van der Waals surface area contributed by atoms with Crippen LogP contribution in [0.4, 0.5) is 11.4 Å². The third kappa shape index (κ3) is 3.66. The van der Waals surface area contributed by atoms with E-state index >= 15 is 0 Å². The number of nitrogens with zero attached hydrogens (tertiary/aromatic N) is 3. The highest BCUT2D eigenvalue weighted by Gasteiger charge is 2.15. The summed E-state index contributed by atoms with van der Waals surface area (Å²) >= 11 is 2.06. The highest BCUT2D eigenvalue weighted by atomic mass is 127. The molecular weight excluding hydrogens is 359 g/mol. The second-order valence-corrected chi connectivity index (χ2v) is 5.44. The number of anilines is 1. The van der Waals surface area contributed by atoms with Crippen LogP contribution in [0.5, 0.6) is 0 Å². The Hall–Kier alpha value is -1.64. The third-order valence-corrected chi connectivity index (χ3v) is 3.25. The third-order valence-electron chi connectivity index (χ3n) is 2.58. The van der Waals surface area contributed by atoms with Gasteiger partial charge in [-0.2, -0.15) is 5.10 Å². The highest BCUT2D eigenvalue weighted by molar-refractivity contribution is 14.1. The Bertz CT molecular complexity index is 571. The molecule has 0 aliphatic heterocycles. The zero-order valence-corrected chi connectivity index (χ0v) is 12.4. The Morgan fingerprint density at radius 2 is 2.37 bits per heavy atom. The van der Waals surface area contributed by atoms with Crippen LogP contribution in [0.2, 0.25) is 0 Å². The molecule has 0 saturated carbocycles. The van der Waals surface area contributed by atoms with Gasteiger partial charge in [-0.15, -0.1) is 0 Å². The monoisotopic (exact) mass is 372 g/mol. The van der Waals surface area contributed by atoms with E-state index in [0.29, 0.717) is 12.2 Å². The van der Waals surface area contributed by atoms with Gasteiger partial charge >= 0.3 is 0 Å². The van der Waals surface area contributed by atoms with Crippen LogP contribution in [0.15, 0.2) is 36.7 Å². The molecule has 1 aromatic carbocycles. The van der Waals surface area contributed by atoms with Crippen LogP contribution in [0.1, 0.15) is 6.92 Å². The molecule has 1 aromatic heterocycles. The number of halogens is 1. The number of hydrogen-bond donors (Lipinski definition) is 1. The first-order valence-electron chi connectivity index (χ1n) is 5.74. The molecule has 0 aliphatic rings. The fourth-order valence-corrected chi connectivity index (χ4v) is 2.25. The SMILES string of the molecule is CC(Cn1cccn1)Nc1ccc(I)cc1[N+](=O)[O-]. The van der Waals surface area contributed by atoms with Crippen molar-refractivity contribution < 1.29 is 4.92 Å². The van der Waals surface area contributed by atoms with Crippen LogP contribution in [0, 0.1) is 13.7 Å². The Morgan fingerprint density at radius 3 is 3.00 bits per heavy atom. The van der Waals surface area contributed by atoms with Crippen molar-refractivity contribution >= 4 is 34.0 Å². The van der Waals surface area contributed by atoms with Gasteiger partial charge in [0, 0.05) is 28.1 Å². The fourth-order valence-electron chi connectivity index (χ4n) is 1.78. The molecule has 0 bridgehead atoms. The number of rotatable bonds is 5. The maximum absolute atomic E-state index is 11.0. The second-order valence-electron chi connectivity index (χ2n) is 4.19. The summed E-state index contributed by atoms with van der Waals surface area (Å²) in [5.74, 6) is 0. The number of benzene rings is 1. The summed E-state index contributed by atoms with van der Waals surface area (Å²) < 4.78 is 2.63. The average molecular weight is 372 g/mol. The molecule has 19 heavy (non-hydrogen) atoms. The van der Waals surface area contributed by atoms with E-state index in [4.69, 9.17) is 0 Å². The van der Waals surface area contributed by atoms with Gasteiger partial charge in [-0.3, -0.25) is 14.8 Å². The van der Waals surface area contributed by atoms with Gasteiger partial charge in [0.2, 0.25) is 0 Å². The Balaban J connectivity index is 2.12. The molecule has 2 aromatic rings. The lowest BCUT2D eigenvalue weighted by molar-refractivity contribution is -0.384. The summed E-state index contributed by atoms with van der Waals surface area (Å²) in [5, 5.41) is 18.3. The Labute approximate surface area is 124 Å². The van der Waals surface area contributed by atoms with Crippen LogP contribution in [0.25, 0.3) is 0 Å². The van der Waals surface area contributed by atoms with E-state index in [1.54, 1.807) is 23.0 Å². The molecule has 0 saturated heterocycles. The maximum atomic E-state index is 11.0. The Morgan fingerprint density at radius 1 is 1.58 bits per heavy atom. The molecule has 6 nitrogen and oxygen atoms in total. The summed E-state index contributed by atoms with van der Waals surface area (Å²) in [7, 11) is 0. The Kier molecular flexibility index (Phi) is 4.35. The van der Waals surface area contributed by atoms with Gasteiger partial charge in [0.1, 0.15) is 5.69 Å². The van der Waals surface area contributed by atoms with Gasteiger partial charge in [-0.05, 0) is 47.7 Å². The molecule has 0 radical (unpaired) electrons. The molecule has 0 fully saturated rings. The lowest BCUT2D eigenvalue weighted by Gasteiger charge is -2.15. The van der Waals surface area contributed by atoms with Crippen molar-refractivity contribution in [2.75, 3.05) is 5.32 Å². The van der Waals surface area contributed by atoms with E-state index in [9.17, 15) is 10.1 Å². The molecule has 1 atom stereocenters. The predicted octanol–water partition coefficient (Wildman–Crippen LogP) is 2.90. The molecule has 1 unspecified atom stereocenters. The van der Waals surface area contributed by atoms with Crippen molar-refractivity contribution in [2.24, 2.45) is 0 Å². The average Bonchev–Trinajstić information content (AvgIpc) is 2.83. The number of nitro groups is 1. The van der Waals surface area contributed by atoms with Gasteiger partial charge in [-0.1, -0.05) is 0 Å². The van der Waals surface area contributed by atoms with Crippen LogP contribution < -0.4 is 5.32 Å². The highest BCUT2D eigenvalue weighted by Crippen LogP contribution is 2.26. The standard InChI is InChI=1S/C12H13IN4O2/c1-9(8-16-6-2-5-14-16)15-11-4-3-10(13)7-12(11)17(18)19/h2-7,9,15H,8H2,1H3. The molecule has 7 heteroatoms. The summed E-state index contributed by atoms with van der Waals surface area (Å²) in [5.41, 5.74) is 0.629. The minimum atomic E-state index is -0.370. The van der Waals surface area contributed by atoms with Gasteiger partial charge in [-0.25, -0.2) is 0 Å². The summed E-state index contributed by atoms with van der Waals surface area (Å²) in [6, 6.07) is 7.03. The fraction of sp³-hybridized carbons (Fsp3) is 0.250. The molecule has 2 rings (SSSR count). The van der Waals surface area contributed by atoms with Gasteiger partial charge in [0.05, 0.1) is 11.5 Å². The predicted molar refractivity (Wildman–Crippen MR) is 81.1 cm³/mol. The van der Waals surface area contributed by atoms with Gasteiger partial charge < -0.3 is 5.32 Å². The van der Waals surface area contributed by atoms with Crippen LogP contribution >= 0.6 is 22.6 Å². The first-order valence-corrected chi connectivity index (χ1v) is 6.82. The molecule has 0 amide bonds. The number of nitrogens with one attached hydrogen (secondary N) is 1. The van der Waals surface area contributed by atoms with E-state index in [2.05, 4.69) is 33.0 Å². The molecule has 0 spiro atoms. The van der Waals surface area contributed by atoms with E-state index in [1.807, 2.05) is 25.3 Å². The minimum absolute atomic E-state index is 0.0404. The maximum Gasteiger partial charge on any atom is 0.293 e. The molecular formula is C12H13IN4O2. The number of aromatic nitrogens is 2. The lowest BCUT2D eigenvalue weighted by Crippen LogP contribution is -2.22. The molecule has 1 heterocycles. The number of hydrogen-bond acceptors (Lipinski definition) is 4. The lowest BCUT2D eigenvalue weighted by atomic mass is 10.2. The normalized spacial score (nSPS) is 12.1. The van der Waals surface area contributed by atoms with E-state index in [-0.39, 0.29) is 16.7 Å². The van der Waals surface area contributed by atoms with Crippen molar-refractivity contribution in [1.82, 2.24) is 9.78 Å². The largest absolute Gasteiger partial charge is 0.375 e. The van der Waals surface area contributed by atoms with Crippen LogP contribution in [-0.4, -0.2) is 20.7 Å². The topological polar surface area (TPSA) is 73.0 Å². The number of nitro benzene ring substituents is 1. The van der Waals surface area contributed by atoms with Crippen LogP contribution in [-0.2, 0) is 6.54 Å². The van der Waals surface area contributed by atoms with Crippen molar-refractivity contribution in [2.45, 2.75) is 19.5 Å². The summed E-state index contributed by atoms with van der Waals surface area (Å²) in [6.07, 6.45) is 3.57. The van der Waals surface area contributed by atoms with Crippen LogP contribution in [0.3, 0.4) is 0 Å². The van der Waals surface area contributed by atoms with E-state index < -0.39 is 0 Å². The quantitative estimate of drug-likeness (QED) is 0.498. The zero-order chi connectivity index (χ0) is 13.8. The molecule has 1 N–H and O–H groups in total. The first-order chi connectivity index (χ1) is 9.06. The van der Waals surface area contributed by atoms with Gasteiger partial charge in [0.25, 0.3) is 5.69 Å². The van der Waals surface area contributed by atoms with Gasteiger partial charge in [0.15, 0.2) is 0 Å². The smallest absolute Gasteiger partial charge is 0.293 e. The van der Waals surface area contributed by atoms with Crippen molar-refractivity contribution in [3.63, 3.8) is 0 Å². The zero-order valence-electron chi connectivity index (χ0n) is 10.3. The van der Waals surface area contributed by atoms with Crippen molar-refractivity contribution in [3.05, 3.63) is 50.3 Å². The molecule has 100 valence electrons.